The molecule has 0 atom stereocenters. The van der Waals surface area contributed by atoms with Crippen molar-refractivity contribution in [2.45, 2.75) is 142 Å². The van der Waals surface area contributed by atoms with Gasteiger partial charge in [0, 0.05) is 59.0 Å². The smallest absolute Gasteiger partial charge is 0.305 e. The minimum absolute atomic E-state index is 0.200. The van der Waals surface area contributed by atoms with Gasteiger partial charge in [0.1, 0.15) is 0 Å². The van der Waals surface area contributed by atoms with Crippen LogP contribution in [0, 0.1) is 0 Å². The molecule has 10 heteroatoms. The monoisotopic (exact) mass is 842 g/mol. The number of hydrogen-bond donors (Lipinski definition) is 0. The number of esters is 2. The zero-order valence-corrected chi connectivity index (χ0v) is 36.7. The van der Waals surface area contributed by atoms with Crippen molar-refractivity contribution in [2.24, 2.45) is 0 Å². The van der Waals surface area contributed by atoms with Gasteiger partial charge in [0.15, 0.2) is 0 Å². The van der Waals surface area contributed by atoms with Crippen LogP contribution in [0.25, 0.3) is 43.1 Å². The zero-order valence-electron chi connectivity index (χ0n) is 36.7. The van der Waals surface area contributed by atoms with Gasteiger partial charge in [0.2, 0.25) is 0 Å². The SMILES string of the molecule is CCCCCCCCCOC(=O)CCCCN1C(=O)c2ccc3c4ccc5c6c(ccc(c7ccc(c2c37)C1=O)c64)C(=O)N(CCCCC(=O)OCCCCCCCCC)C5=O. The summed E-state index contributed by atoms with van der Waals surface area (Å²) in [6, 6.07) is 14.7. The van der Waals surface area contributed by atoms with E-state index in [4.69, 9.17) is 9.47 Å². The van der Waals surface area contributed by atoms with E-state index in [0.29, 0.717) is 71.9 Å². The highest BCUT2D eigenvalue weighted by Gasteiger charge is 2.36. The summed E-state index contributed by atoms with van der Waals surface area (Å²) in [5, 5.41) is 6.17. The molecule has 7 rings (SSSR count). The van der Waals surface area contributed by atoms with Gasteiger partial charge < -0.3 is 9.47 Å². The summed E-state index contributed by atoms with van der Waals surface area (Å²) in [4.78, 5) is 83.2. The van der Waals surface area contributed by atoms with Crippen LogP contribution in [0.4, 0.5) is 0 Å². The number of imide groups is 2. The van der Waals surface area contributed by atoms with Gasteiger partial charge in [-0.25, -0.2) is 0 Å². The van der Waals surface area contributed by atoms with Crippen molar-refractivity contribution in [3.63, 3.8) is 0 Å². The number of fused-ring (bicyclic) bond motifs is 2. The van der Waals surface area contributed by atoms with Crippen LogP contribution >= 0.6 is 0 Å². The number of unbranched alkanes of at least 4 members (excludes halogenated alkanes) is 14. The molecule has 2 heterocycles. The minimum Gasteiger partial charge on any atom is -0.466 e. The molecule has 0 saturated carbocycles. The number of carbonyl (C=O) groups excluding carboxylic acids is 6. The Balaban J connectivity index is 0.989. The van der Waals surface area contributed by atoms with Crippen molar-refractivity contribution in [2.75, 3.05) is 26.3 Å². The molecular weight excluding hydrogens is 781 g/mol. The van der Waals surface area contributed by atoms with Gasteiger partial charge in [-0.2, -0.15) is 0 Å². The standard InChI is InChI=1S/C52H62N2O8/c1-3-5-7-9-11-13-19-33-61-43(55)21-15-17-31-53-49(57)39-27-23-35-37-25-29-41-48-42(30-26-38(46(37)48)36-24-28-40(50(53)58)47(39)45(35)36)52(60)54(51(41)59)32-18-16-22-44(56)62-34-20-14-12-10-8-6-4-2/h23-30H,3-22,31-34H2,1-2H3. The van der Waals surface area contributed by atoms with Crippen molar-refractivity contribution in [1.82, 2.24) is 9.80 Å². The Morgan fingerprint density at radius 1 is 0.387 bits per heavy atom. The van der Waals surface area contributed by atoms with E-state index in [2.05, 4.69) is 13.8 Å². The van der Waals surface area contributed by atoms with Gasteiger partial charge in [-0.15, -0.1) is 0 Å². The quantitative estimate of drug-likeness (QED) is 0.0177. The Morgan fingerprint density at radius 3 is 1.02 bits per heavy atom. The first-order chi connectivity index (χ1) is 30.3. The molecule has 0 unspecified atom stereocenters. The number of amides is 4. The van der Waals surface area contributed by atoms with E-state index in [1.807, 2.05) is 24.3 Å². The molecule has 2 aliphatic rings. The molecule has 0 N–H and O–H groups in total. The maximum absolute atomic E-state index is 14.0. The molecule has 0 aliphatic carbocycles. The normalized spacial score (nSPS) is 13.8. The Labute approximate surface area is 365 Å². The molecule has 2 aliphatic heterocycles. The van der Waals surface area contributed by atoms with Gasteiger partial charge in [0.25, 0.3) is 23.6 Å². The number of nitrogens with zero attached hydrogens (tertiary/aromatic N) is 2. The van der Waals surface area contributed by atoms with Crippen molar-refractivity contribution in [3.8, 4) is 0 Å². The number of benzene rings is 5. The molecule has 5 aromatic rings. The van der Waals surface area contributed by atoms with Gasteiger partial charge in [-0.1, -0.05) is 115 Å². The second kappa shape index (κ2) is 21.1. The Kier molecular flexibility index (Phi) is 15.2. The van der Waals surface area contributed by atoms with Crippen LogP contribution < -0.4 is 0 Å². The molecule has 0 spiro atoms. The average Bonchev–Trinajstić information content (AvgIpc) is 3.28. The lowest BCUT2D eigenvalue weighted by Gasteiger charge is -2.30. The zero-order chi connectivity index (χ0) is 43.6. The maximum atomic E-state index is 14.0. The van der Waals surface area contributed by atoms with Crippen LogP contribution in [-0.4, -0.2) is 71.7 Å². The largest absolute Gasteiger partial charge is 0.466 e. The predicted molar refractivity (Wildman–Crippen MR) is 244 cm³/mol. The Bertz CT molecular complexity index is 2160. The second-order valence-corrected chi connectivity index (χ2v) is 17.3. The summed E-state index contributed by atoms with van der Waals surface area (Å²) in [5.74, 6) is -1.94. The fourth-order valence-electron chi connectivity index (χ4n) is 9.49. The Morgan fingerprint density at radius 2 is 0.694 bits per heavy atom. The highest BCUT2D eigenvalue weighted by molar-refractivity contribution is 6.41. The summed E-state index contributed by atoms with van der Waals surface area (Å²) < 4.78 is 10.8. The summed E-state index contributed by atoms with van der Waals surface area (Å²) in [6.07, 6.45) is 18.6. The predicted octanol–water partition coefficient (Wildman–Crippen LogP) is 11.9. The highest BCUT2D eigenvalue weighted by atomic mass is 16.5. The van der Waals surface area contributed by atoms with Crippen molar-refractivity contribution in [3.05, 3.63) is 70.8 Å². The molecule has 62 heavy (non-hydrogen) atoms. The number of ether oxygens (including phenoxy) is 2. The van der Waals surface area contributed by atoms with Crippen LogP contribution in [-0.2, 0) is 19.1 Å². The van der Waals surface area contributed by atoms with E-state index in [-0.39, 0.29) is 61.5 Å². The molecule has 0 fully saturated rings. The molecule has 0 radical (unpaired) electrons. The lowest BCUT2D eigenvalue weighted by molar-refractivity contribution is -0.144. The topological polar surface area (TPSA) is 127 Å². The van der Waals surface area contributed by atoms with E-state index < -0.39 is 0 Å². The number of carbonyl (C=O) groups is 6. The number of hydrogen-bond acceptors (Lipinski definition) is 8. The first kappa shape index (κ1) is 44.7. The van der Waals surface area contributed by atoms with Crippen molar-refractivity contribution >= 4 is 78.7 Å². The summed E-state index contributed by atoms with van der Waals surface area (Å²) in [6.45, 7) is 5.66. The summed E-state index contributed by atoms with van der Waals surface area (Å²) >= 11 is 0. The van der Waals surface area contributed by atoms with Crippen LogP contribution in [0.1, 0.15) is 184 Å². The first-order valence-corrected chi connectivity index (χ1v) is 23.5. The fourth-order valence-corrected chi connectivity index (χ4v) is 9.49. The summed E-state index contributed by atoms with van der Waals surface area (Å²) in [5.41, 5.74) is 1.80. The van der Waals surface area contributed by atoms with Gasteiger partial charge in [-0.3, -0.25) is 38.6 Å². The first-order valence-electron chi connectivity index (χ1n) is 23.5. The average molecular weight is 843 g/mol. The molecule has 10 nitrogen and oxygen atoms in total. The van der Waals surface area contributed by atoms with Crippen LogP contribution in [0.5, 0.6) is 0 Å². The van der Waals surface area contributed by atoms with Gasteiger partial charge in [0.05, 0.1) is 13.2 Å². The summed E-state index contributed by atoms with van der Waals surface area (Å²) in [7, 11) is 0. The third-order valence-electron chi connectivity index (χ3n) is 12.9. The molecule has 5 aromatic carbocycles. The second-order valence-electron chi connectivity index (χ2n) is 17.3. The Hall–Kier alpha value is -5.38. The lowest BCUT2D eigenvalue weighted by atomic mass is 9.82. The van der Waals surface area contributed by atoms with Gasteiger partial charge >= 0.3 is 11.9 Å². The van der Waals surface area contributed by atoms with Crippen LogP contribution in [0.2, 0.25) is 0 Å². The van der Waals surface area contributed by atoms with Crippen LogP contribution in [0.3, 0.4) is 0 Å². The molecule has 4 amide bonds. The number of rotatable bonds is 26. The maximum Gasteiger partial charge on any atom is 0.305 e. The van der Waals surface area contributed by atoms with E-state index in [1.54, 1.807) is 24.3 Å². The van der Waals surface area contributed by atoms with Crippen molar-refractivity contribution < 1.29 is 38.2 Å². The van der Waals surface area contributed by atoms with E-state index >= 15 is 0 Å². The van der Waals surface area contributed by atoms with E-state index in [9.17, 15) is 28.8 Å². The molecule has 0 saturated heterocycles. The van der Waals surface area contributed by atoms with E-state index in [1.165, 1.54) is 61.2 Å². The fraction of sp³-hybridized carbons (Fsp3) is 0.500. The third-order valence-corrected chi connectivity index (χ3v) is 12.9. The highest BCUT2D eigenvalue weighted by Crippen LogP contribution is 2.46. The lowest BCUT2D eigenvalue weighted by Crippen LogP contribution is -2.41. The van der Waals surface area contributed by atoms with Crippen LogP contribution in [0.15, 0.2) is 48.5 Å². The van der Waals surface area contributed by atoms with E-state index in [0.717, 1.165) is 70.8 Å². The van der Waals surface area contributed by atoms with Crippen molar-refractivity contribution in [1.29, 1.82) is 0 Å². The molecule has 0 bridgehead atoms. The third kappa shape index (κ3) is 9.49. The molecule has 0 aromatic heterocycles. The molecular formula is C52H62N2O8. The van der Waals surface area contributed by atoms with Gasteiger partial charge in [-0.05, 0) is 95.1 Å². The minimum atomic E-state index is -0.361. The molecule has 328 valence electrons.